The van der Waals surface area contributed by atoms with Gasteiger partial charge in [-0.15, -0.1) is 0 Å². The lowest BCUT2D eigenvalue weighted by Crippen LogP contribution is -1.87. The Balaban J connectivity index is 2.15. The number of hydrogen-bond donors (Lipinski definition) is 2. The largest absolute Gasteiger partial charge is 0.399 e. The van der Waals surface area contributed by atoms with Gasteiger partial charge in [0.1, 0.15) is 0 Å². The van der Waals surface area contributed by atoms with Crippen LogP contribution in [0.15, 0.2) is 42.7 Å². The van der Waals surface area contributed by atoms with Crippen LogP contribution in [0.5, 0.6) is 0 Å². The number of aromatic nitrogens is 1. The molecule has 0 aliphatic carbocycles. The van der Waals surface area contributed by atoms with Crippen molar-refractivity contribution >= 4 is 5.69 Å². The molecule has 0 saturated heterocycles. The molecule has 2 nitrogen and oxygen atoms in total. The van der Waals surface area contributed by atoms with Gasteiger partial charge in [-0.25, -0.2) is 0 Å². The SMILES string of the molecule is Nc1ccc(Cc2cc[nH]c2)cc1. The van der Waals surface area contributed by atoms with Crippen LogP contribution in [0.25, 0.3) is 0 Å². The summed E-state index contributed by atoms with van der Waals surface area (Å²) in [6, 6.07) is 10.1. The molecule has 3 N–H and O–H groups in total. The van der Waals surface area contributed by atoms with Gasteiger partial charge in [0.2, 0.25) is 0 Å². The van der Waals surface area contributed by atoms with Crippen molar-refractivity contribution in [2.24, 2.45) is 0 Å². The molecule has 0 radical (unpaired) electrons. The van der Waals surface area contributed by atoms with E-state index in [1.165, 1.54) is 11.1 Å². The molecule has 0 aliphatic heterocycles. The van der Waals surface area contributed by atoms with E-state index >= 15 is 0 Å². The molecule has 2 rings (SSSR count). The first kappa shape index (κ1) is 7.92. The first-order chi connectivity index (χ1) is 6.34. The number of nitrogens with two attached hydrogens (primary N) is 1. The van der Waals surface area contributed by atoms with Crippen molar-refractivity contribution in [2.45, 2.75) is 6.42 Å². The van der Waals surface area contributed by atoms with Crippen LogP contribution in [0.3, 0.4) is 0 Å². The fraction of sp³-hybridized carbons (Fsp3) is 0.0909. The van der Waals surface area contributed by atoms with Crippen molar-refractivity contribution in [2.75, 3.05) is 5.73 Å². The second-order valence-corrected chi connectivity index (χ2v) is 3.14. The Labute approximate surface area is 77.4 Å². The Morgan fingerprint density at radius 3 is 2.38 bits per heavy atom. The molecular formula is C11H12N2. The van der Waals surface area contributed by atoms with Crippen molar-refractivity contribution in [3.05, 3.63) is 53.9 Å². The number of rotatable bonds is 2. The lowest BCUT2D eigenvalue weighted by atomic mass is 10.1. The minimum atomic E-state index is 0.817. The van der Waals surface area contributed by atoms with Crippen LogP contribution in [-0.2, 0) is 6.42 Å². The summed E-state index contributed by atoms with van der Waals surface area (Å²) in [4.78, 5) is 3.04. The van der Waals surface area contributed by atoms with E-state index in [0.717, 1.165) is 12.1 Å². The average Bonchev–Trinajstić information content (AvgIpc) is 2.62. The molecule has 0 amide bonds. The van der Waals surface area contributed by atoms with Gasteiger partial charge < -0.3 is 10.7 Å². The Morgan fingerprint density at radius 2 is 1.77 bits per heavy atom. The first-order valence-electron chi connectivity index (χ1n) is 4.31. The van der Waals surface area contributed by atoms with Crippen LogP contribution in [0.4, 0.5) is 5.69 Å². The molecule has 0 aliphatic rings. The van der Waals surface area contributed by atoms with E-state index < -0.39 is 0 Å². The highest BCUT2D eigenvalue weighted by Gasteiger charge is 1.95. The van der Waals surface area contributed by atoms with Crippen molar-refractivity contribution in [3.8, 4) is 0 Å². The summed E-state index contributed by atoms with van der Waals surface area (Å²) in [5, 5.41) is 0. The lowest BCUT2D eigenvalue weighted by molar-refractivity contribution is 1.20. The van der Waals surface area contributed by atoms with E-state index in [-0.39, 0.29) is 0 Å². The highest BCUT2D eigenvalue weighted by Crippen LogP contribution is 2.10. The van der Waals surface area contributed by atoms with E-state index in [2.05, 4.69) is 23.2 Å². The zero-order valence-corrected chi connectivity index (χ0v) is 7.33. The summed E-state index contributed by atoms with van der Waals surface area (Å²) in [5.41, 5.74) is 8.99. The van der Waals surface area contributed by atoms with E-state index in [0.29, 0.717) is 0 Å². The predicted octanol–water partition coefficient (Wildman–Crippen LogP) is 2.19. The van der Waals surface area contributed by atoms with Gasteiger partial charge in [0.05, 0.1) is 0 Å². The van der Waals surface area contributed by atoms with Crippen LogP contribution in [-0.4, -0.2) is 4.98 Å². The molecule has 1 aromatic heterocycles. The molecule has 0 atom stereocenters. The number of anilines is 1. The summed E-state index contributed by atoms with van der Waals surface area (Å²) in [6.45, 7) is 0. The van der Waals surface area contributed by atoms with Crippen LogP contribution in [0.2, 0.25) is 0 Å². The summed E-state index contributed by atoms with van der Waals surface area (Å²) in [5.74, 6) is 0. The van der Waals surface area contributed by atoms with Crippen molar-refractivity contribution in [1.29, 1.82) is 0 Å². The molecule has 0 bridgehead atoms. The molecule has 0 saturated carbocycles. The molecule has 2 heteroatoms. The third kappa shape index (κ3) is 1.90. The first-order valence-corrected chi connectivity index (χ1v) is 4.31. The molecule has 2 aromatic rings. The number of benzene rings is 1. The molecule has 0 unspecified atom stereocenters. The number of hydrogen-bond acceptors (Lipinski definition) is 1. The fourth-order valence-corrected chi connectivity index (χ4v) is 1.34. The number of aromatic amines is 1. The predicted molar refractivity (Wildman–Crippen MR) is 54.5 cm³/mol. The van der Waals surface area contributed by atoms with E-state index in [9.17, 15) is 0 Å². The standard InChI is InChI=1S/C11H12N2/c12-11-3-1-9(2-4-11)7-10-5-6-13-8-10/h1-6,8,13H,7,12H2. The minimum Gasteiger partial charge on any atom is -0.399 e. The Kier molecular flexibility index (Phi) is 2.04. The number of H-pyrrole nitrogens is 1. The quantitative estimate of drug-likeness (QED) is 0.670. The van der Waals surface area contributed by atoms with Crippen LogP contribution in [0.1, 0.15) is 11.1 Å². The van der Waals surface area contributed by atoms with Crippen LogP contribution in [0, 0.1) is 0 Å². The van der Waals surface area contributed by atoms with Crippen LogP contribution >= 0.6 is 0 Å². The van der Waals surface area contributed by atoms with Crippen molar-refractivity contribution < 1.29 is 0 Å². The van der Waals surface area contributed by atoms with Crippen LogP contribution < -0.4 is 5.73 Å². The van der Waals surface area contributed by atoms with Gasteiger partial charge in [0.15, 0.2) is 0 Å². The van der Waals surface area contributed by atoms with Gasteiger partial charge >= 0.3 is 0 Å². The average molecular weight is 172 g/mol. The van der Waals surface area contributed by atoms with Gasteiger partial charge in [0, 0.05) is 18.1 Å². The van der Waals surface area contributed by atoms with E-state index in [1.54, 1.807) is 0 Å². The van der Waals surface area contributed by atoms with Gasteiger partial charge in [-0.05, 0) is 35.7 Å². The highest BCUT2D eigenvalue weighted by molar-refractivity contribution is 5.40. The molecule has 66 valence electrons. The highest BCUT2D eigenvalue weighted by atomic mass is 14.6. The van der Waals surface area contributed by atoms with Gasteiger partial charge in [-0.3, -0.25) is 0 Å². The lowest BCUT2D eigenvalue weighted by Gasteiger charge is -1.98. The van der Waals surface area contributed by atoms with E-state index in [4.69, 9.17) is 5.73 Å². The van der Waals surface area contributed by atoms with Gasteiger partial charge in [0.25, 0.3) is 0 Å². The van der Waals surface area contributed by atoms with E-state index in [1.807, 2.05) is 24.5 Å². The molecular weight excluding hydrogens is 160 g/mol. The monoisotopic (exact) mass is 172 g/mol. The van der Waals surface area contributed by atoms with Crippen molar-refractivity contribution in [3.63, 3.8) is 0 Å². The minimum absolute atomic E-state index is 0.817. The number of nitrogens with one attached hydrogen (secondary N) is 1. The zero-order valence-electron chi connectivity index (χ0n) is 7.33. The fourth-order valence-electron chi connectivity index (χ4n) is 1.34. The molecule has 13 heavy (non-hydrogen) atoms. The maximum Gasteiger partial charge on any atom is 0.0314 e. The van der Waals surface area contributed by atoms with Gasteiger partial charge in [-0.2, -0.15) is 0 Å². The second-order valence-electron chi connectivity index (χ2n) is 3.14. The summed E-state index contributed by atoms with van der Waals surface area (Å²) >= 11 is 0. The normalized spacial score (nSPS) is 10.2. The molecule has 1 heterocycles. The number of nitrogen functional groups attached to an aromatic ring is 1. The zero-order chi connectivity index (χ0) is 9.10. The Hall–Kier alpha value is -1.70. The summed E-state index contributed by atoms with van der Waals surface area (Å²) in [6.07, 6.45) is 4.91. The third-order valence-corrected chi connectivity index (χ3v) is 2.05. The smallest absolute Gasteiger partial charge is 0.0314 e. The molecule has 1 aromatic carbocycles. The third-order valence-electron chi connectivity index (χ3n) is 2.05. The maximum absolute atomic E-state index is 5.59. The summed E-state index contributed by atoms with van der Waals surface area (Å²) in [7, 11) is 0. The second kappa shape index (κ2) is 3.35. The van der Waals surface area contributed by atoms with Gasteiger partial charge in [-0.1, -0.05) is 12.1 Å². The molecule has 0 fully saturated rings. The van der Waals surface area contributed by atoms with Crippen molar-refractivity contribution in [1.82, 2.24) is 4.98 Å². The topological polar surface area (TPSA) is 41.8 Å². The summed E-state index contributed by atoms with van der Waals surface area (Å²) < 4.78 is 0. The Bertz CT molecular complexity index is 359. The molecule has 0 spiro atoms. The maximum atomic E-state index is 5.59. The Morgan fingerprint density at radius 1 is 1.00 bits per heavy atom.